The summed E-state index contributed by atoms with van der Waals surface area (Å²) in [4.78, 5) is 10.7. The fourth-order valence-corrected chi connectivity index (χ4v) is 4.11. The lowest BCUT2D eigenvalue weighted by molar-refractivity contribution is 0.151. The van der Waals surface area contributed by atoms with Crippen LogP contribution in [-0.2, 0) is 11.3 Å². The maximum atomic E-state index is 5.60. The molecule has 0 aromatic carbocycles. The van der Waals surface area contributed by atoms with Gasteiger partial charge in [0.1, 0.15) is 0 Å². The summed E-state index contributed by atoms with van der Waals surface area (Å²) in [6.45, 7) is 7.51. The van der Waals surface area contributed by atoms with Crippen LogP contribution in [0.2, 0.25) is 0 Å². The van der Waals surface area contributed by atoms with Gasteiger partial charge in [0.05, 0.1) is 12.3 Å². The number of likely N-dealkylation sites (tertiary alicyclic amines) is 1. The number of nitrogens with zero attached hydrogens (tertiary/aromatic N) is 3. The Bertz CT molecular complexity index is 452. The van der Waals surface area contributed by atoms with E-state index in [-0.39, 0.29) is 0 Å². The van der Waals surface area contributed by atoms with Crippen LogP contribution in [0.3, 0.4) is 0 Å². The normalized spacial score (nSPS) is 27.5. The standard InChI is InChI=1S/C14H23N3OS/c1-11-12(19-13(15-11)16(2)3)8-17-6-4-14(9-17)5-7-18-10-14/h4-10H2,1-3H3/t14-/m0/s1. The summed E-state index contributed by atoms with van der Waals surface area (Å²) in [6.07, 6.45) is 2.54. The summed E-state index contributed by atoms with van der Waals surface area (Å²) in [5.74, 6) is 0. The molecule has 1 aromatic heterocycles. The van der Waals surface area contributed by atoms with Crippen molar-refractivity contribution in [2.24, 2.45) is 5.41 Å². The van der Waals surface area contributed by atoms with E-state index in [1.165, 1.54) is 36.5 Å². The third-order valence-corrected chi connectivity index (χ3v) is 5.64. The van der Waals surface area contributed by atoms with Gasteiger partial charge in [-0.2, -0.15) is 0 Å². The summed E-state index contributed by atoms with van der Waals surface area (Å²) in [7, 11) is 4.12. The van der Waals surface area contributed by atoms with Gasteiger partial charge in [-0.1, -0.05) is 0 Å². The predicted octanol–water partition coefficient (Wildman–Crippen LogP) is 2.13. The molecular formula is C14H23N3OS. The van der Waals surface area contributed by atoms with Crippen molar-refractivity contribution >= 4 is 16.5 Å². The van der Waals surface area contributed by atoms with Gasteiger partial charge in [-0.25, -0.2) is 4.98 Å². The fraction of sp³-hybridized carbons (Fsp3) is 0.786. The van der Waals surface area contributed by atoms with Gasteiger partial charge in [0, 0.05) is 44.1 Å². The van der Waals surface area contributed by atoms with Gasteiger partial charge in [-0.05, 0) is 26.3 Å². The van der Waals surface area contributed by atoms with Crippen LogP contribution >= 0.6 is 11.3 Å². The molecule has 0 amide bonds. The third kappa shape index (κ3) is 2.64. The van der Waals surface area contributed by atoms with E-state index >= 15 is 0 Å². The molecule has 1 aromatic rings. The van der Waals surface area contributed by atoms with Crippen LogP contribution < -0.4 is 4.90 Å². The molecule has 3 rings (SSSR count). The number of aromatic nitrogens is 1. The summed E-state index contributed by atoms with van der Waals surface area (Å²) in [5.41, 5.74) is 1.65. The van der Waals surface area contributed by atoms with E-state index in [2.05, 4.69) is 35.8 Å². The Morgan fingerprint density at radius 1 is 1.42 bits per heavy atom. The largest absolute Gasteiger partial charge is 0.381 e. The van der Waals surface area contributed by atoms with E-state index in [9.17, 15) is 0 Å². The zero-order valence-electron chi connectivity index (χ0n) is 12.1. The Hall–Kier alpha value is -0.650. The van der Waals surface area contributed by atoms with Crippen LogP contribution in [0.25, 0.3) is 0 Å². The number of aryl methyl sites for hydroxylation is 1. The van der Waals surface area contributed by atoms with Crippen molar-refractivity contribution < 1.29 is 4.74 Å². The Balaban J connectivity index is 1.66. The van der Waals surface area contributed by atoms with E-state index < -0.39 is 0 Å². The smallest absolute Gasteiger partial charge is 0.185 e. The quantitative estimate of drug-likeness (QED) is 0.848. The molecule has 0 N–H and O–H groups in total. The van der Waals surface area contributed by atoms with Crippen LogP contribution in [0.1, 0.15) is 23.4 Å². The number of hydrogen-bond acceptors (Lipinski definition) is 5. The van der Waals surface area contributed by atoms with E-state index in [0.29, 0.717) is 5.41 Å². The topological polar surface area (TPSA) is 28.6 Å². The first kappa shape index (κ1) is 13.3. The maximum absolute atomic E-state index is 5.60. The summed E-state index contributed by atoms with van der Waals surface area (Å²) in [5, 5.41) is 1.12. The van der Waals surface area contributed by atoms with E-state index in [0.717, 1.165) is 24.9 Å². The molecule has 4 nitrogen and oxygen atoms in total. The molecule has 2 aliphatic rings. The van der Waals surface area contributed by atoms with Gasteiger partial charge in [0.25, 0.3) is 0 Å². The van der Waals surface area contributed by atoms with E-state index in [1.807, 2.05) is 11.3 Å². The second-order valence-electron chi connectivity index (χ2n) is 6.16. The first-order valence-corrected chi connectivity index (χ1v) is 7.83. The van der Waals surface area contributed by atoms with Crippen LogP contribution in [-0.4, -0.2) is 50.3 Å². The SMILES string of the molecule is Cc1nc(N(C)C)sc1CN1CC[C@]2(CCOC2)C1. The van der Waals surface area contributed by atoms with Gasteiger partial charge in [-0.15, -0.1) is 11.3 Å². The zero-order valence-corrected chi connectivity index (χ0v) is 12.9. The fourth-order valence-electron chi connectivity index (χ4n) is 3.09. The number of rotatable bonds is 3. The first-order chi connectivity index (χ1) is 9.08. The first-order valence-electron chi connectivity index (χ1n) is 7.02. The molecule has 0 bridgehead atoms. The Labute approximate surface area is 119 Å². The van der Waals surface area contributed by atoms with Gasteiger partial charge >= 0.3 is 0 Å². The minimum absolute atomic E-state index is 0.461. The van der Waals surface area contributed by atoms with Crippen LogP contribution in [0.4, 0.5) is 5.13 Å². The van der Waals surface area contributed by atoms with E-state index in [1.54, 1.807) is 0 Å². The molecule has 3 heterocycles. The van der Waals surface area contributed by atoms with Crippen molar-refractivity contribution in [2.75, 3.05) is 45.3 Å². The molecule has 106 valence electrons. The van der Waals surface area contributed by atoms with Crippen LogP contribution in [0.15, 0.2) is 0 Å². The van der Waals surface area contributed by atoms with Crippen LogP contribution in [0.5, 0.6) is 0 Å². The molecule has 5 heteroatoms. The average molecular weight is 281 g/mol. The van der Waals surface area contributed by atoms with Crippen molar-refractivity contribution in [3.63, 3.8) is 0 Å². The molecule has 2 saturated heterocycles. The van der Waals surface area contributed by atoms with Crippen molar-refractivity contribution in [1.82, 2.24) is 9.88 Å². The van der Waals surface area contributed by atoms with Crippen LogP contribution in [0, 0.1) is 12.3 Å². The van der Waals surface area contributed by atoms with Gasteiger partial charge in [0.2, 0.25) is 0 Å². The molecule has 0 unspecified atom stereocenters. The highest BCUT2D eigenvalue weighted by atomic mass is 32.1. The number of thiazole rings is 1. The van der Waals surface area contributed by atoms with E-state index in [4.69, 9.17) is 4.74 Å². The number of anilines is 1. The second kappa shape index (κ2) is 5.04. The van der Waals surface area contributed by atoms with Gasteiger partial charge in [-0.3, -0.25) is 4.90 Å². The minimum Gasteiger partial charge on any atom is -0.381 e. The molecule has 0 radical (unpaired) electrons. The molecule has 19 heavy (non-hydrogen) atoms. The lowest BCUT2D eigenvalue weighted by Crippen LogP contribution is -2.27. The molecule has 1 spiro atoms. The molecule has 1 atom stereocenters. The highest BCUT2D eigenvalue weighted by Crippen LogP contribution is 2.39. The molecule has 2 aliphatic heterocycles. The second-order valence-corrected chi connectivity index (χ2v) is 7.22. The lowest BCUT2D eigenvalue weighted by atomic mass is 9.87. The summed E-state index contributed by atoms with van der Waals surface area (Å²) >= 11 is 1.83. The molecule has 0 aliphatic carbocycles. The Morgan fingerprint density at radius 2 is 2.26 bits per heavy atom. The third-order valence-electron chi connectivity index (χ3n) is 4.33. The number of ether oxygens (including phenoxy) is 1. The van der Waals surface area contributed by atoms with Crippen molar-refractivity contribution in [1.29, 1.82) is 0 Å². The zero-order chi connectivity index (χ0) is 13.5. The minimum atomic E-state index is 0.461. The van der Waals surface area contributed by atoms with Crippen molar-refractivity contribution in [2.45, 2.75) is 26.3 Å². The predicted molar refractivity (Wildman–Crippen MR) is 78.9 cm³/mol. The monoisotopic (exact) mass is 281 g/mol. The summed E-state index contributed by atoms with van der Waals surface area (Å²) < 4.78 is 5.60. The highest BCUT2D eigenvalue weighted by molar-refractivity contribution is 7.15. The Kier molecular flexibility index (Phi) is 3.53. The number of hydrogen-bond donors (Lipinski definition) is 0. The highest BCUT2D eigenvalue weighted by Gasteiger charge is 2.41. The lowest BCUT2D eigenvalue weighted by Gasteiger charge is -2.21. The Morgan fingerprint density at radius 3 is 2.89 bits per heavy atom. The van der Waals surface area contributed by atoms with Gasteiger partial charge < -0.3 is 9.64 Å². The summed E-state index contributed by atoms with van der Waals surface area (Å²) in [6, 6.07) is 0. The average Bonchev–Trinajstić information content (AvgIpc) is 3.05. The maximum Gasteiger partial charge on any atom is 0.185 e. The molecule has 0 saturated carbocycles. The van der Waals surface area contributed by atoms with Crippen molar-refractivity contribution in [3.8, 4) is 0 Å². The molecular weight excluding hydrogens is 258 g/mol. The van der Waals surface area contributed by atoms with Gasteiger partial charge in [0.15, 0.2) is 5.13 Å². The van der Waals surface area contributed by atoms with Crippen molar-refractivity contribution in [3.05, 3.63) is 10.6 Å². The molecule has 2 fully saturated rings.